The van der Waals surface area contributed by atoms with Gasteiger partial charge >= 0.3 is 0 Å². The Kier molecular flexibility index (Phi) is 2.51. The molecule has 104 valence electrons. The second kappa shape index (κ2) is 4.38. The predicted octanol–water partition coefficient (Wildman–Crippen LogP) is 3.16. The van der Waals surface area contributed by atoms with Gasteiger partial charge in [-0.1, -0.05) is 24.3 Å². The van der Waals surface area contributed by atoms with Crippen molar-refractivity contribution in [3.05, 3.63) is 60.4 Å². The highest BCUT2D eigenvalue weighted by atomic mass is 15.3. The topological polar surface area (TPSA) is 48.8 Å². The van der Waals surface area contributed by atoms with Gasteiger partial charge in [-0.15, -0.1) is 0 Å². The number of hydrogen-bond acceptors (Lipinski definition) is 2. The van der Waals surface area contributed by atoms with Crippen LogP contribution in [-0.4, -0.2) is 14.3 Å². The minimum Gasteiger partial charge on any atom is -0.398 e. The number of anilines is 1. The standard InChI is InChI=1S/C17H16N4/c1-20-16-7-3-2-5-13(16)15(19-20)11-21-10-9-12-14(18)6-4-8-17(12)21/h2-10H,11,18H2,1H3. The van der Waals surface area contributed by atoms with E-state index in [0.29, 0.717) is 0 Å². The Labute approximate surface area is 122 Å². The lowest BCUT2D eigenvalue weighted by atomic mass is 10.2. The fourth-order valence-electron chi connectivity index (χ4n) is 2.95. The quantitative estimate of drug-likeness (QED) is 0.572. The number of para-hydroxylation sites is 1. The average molecular weight is 276 g/mol. The number of nitrogens with zero attached hydrogens (tertiary/aromatic N) is 3. The molecule has 0 fully saturated rings. The number of nitrogen functional groups attached to an aromatic ring is 1. The molecular weight excluding hydrogens is 260 g/mol. The first-order valence-corrected chi connectivity index (χ1v) is 6.98. The summed E-state index contributed by atoms with van der Waals surface area (Å²) < 4.78 is 4.13. The van der Waals surface area contributed by atoms with E-state index in [4.69, 9.17) is 5.73 Å². The van der Waals surface area contributed by atoms with Gasteiger partial charge < -0.3 is 10.3 Å². The van der Waals surface area contributed by atoms with Crippen molar-refractivity contribution in [1.29, 1.82) is 0 Å². The van der Waals surface area contributed by atoms with Crippen LogP contribution in [0.15, 0.2) is 54.7 Å². The fourth-order valence-corrected chi connectivity index (χ4v) is 2.95. The van der Waals surface area contributed by atoms with Crippen LogP contribution in [0.1, 0.15) is 5.69 Å². The van der Waals surface area contributed by atoms with Gasteiger partial charge in [0.05, 0.1) is 23.3 Å². The van der Waals surface area contributed by atoms with Crippen molar-refractivity contribution in [2.75, 3.05) is 5.73 Å². The van der Waals surface area contributed by atoms with Gasteiger partial charge in [0.25, 0.3) is 0 Å². The molecule has 2 N–H and O–H groups in total. The van der Waals surface area contributed by atoms with E-state index in [1.165, 1.54) is 5.39 Å². The number of nitrogens with two attached hydrogens (primary N) is 1. The molecule has 0 spiro atoms. The zero-order valence-corrected chi connectivity index (χ0v) is 11.8. The van der Waals surface area contributed by atoms with Crippen LogP contribution < -0.4 is 5.73 Å². The number of aromatic nitrogens is 3. The molecule has 0 saturated heterocycles. The molecular formula is C17H16N4. The van der Waals surface area contributed by atoms with Crippen molar-refractivity contribution < 1.29 is 0 Å². The Morgan fingerprint density at radius 2 is 1.76 bits per heavy atom. The maximum absolute atomic E-state index is 6.02. The highest BCUT2D eigenvalue weighted by Crippen LogP contribution is 2.24. The Balaban J connectivity index is 1.85. The second-order valence-electron chi connectivity index (χ2n) is 5.31. The maximum atomic E-state index is 6.02. The third-order valence-corrected chi connectivity index (χ3v) is 4.00. The molecule has 0 unspecified atom stereocenters. The molecule has 4 rings (SSSR count). The summed E-state index contributed by atoms with van der Waals surface area (Å²) in [6.07, 6.45) is 2.07. The molecule has 4 nitrogen and oxygen atoms in total. The summed E-state index contributed by atoms with van der Waals surface area (Å²) in [4.78, 5) is 0. The molecule has 21 heavy (non-hydrogen) atoms. The molecule has 2 aromatic heterocycles. The lowest BCUT2D eigenvalue weighted by molar-refractivity contribution is 0.732. The summed E-state index contributed by atoms with van der Waals surface area (Å²) in [5.41, 5.74) is 10.2. The largest absolute Gasteiger partial charge is 0.398 e. The Bertz CT molecular complexity index is 946. The highest BCUT2D eigenvalue weighted by molar-refractivity contribution is 5.91. The van der Waals surface area contributed by atoms with Gasteiger partial charge in [-0.2, -0.15) is 5.10 Å². The molecule has 2 heterocycles. The van der Waals surface area contributed by atoms with Crippen LogP contribution in [0.5, 0.6) is 0 Å². The van der Waals surface area contributed by atoms with E-state index in [-0.39, 0.29) is 0 Å². The zero-order chi connectivity index (χ0) is 14.4. The summed E-state index contributed by atoms with van der Waals surface area (Å²) in [5.74, 6) is 0. The lowest BCUT2D eigenvalue weighted by Gasteiger charge is -2.04. The molecule has 4 heteroatoms. The van der Waals surface area contributed by atoms with E-state index < -0.39 is 0 Å². The van der Waals surface area contributed by atoms with E-state index >= 15 is 0 Å². The molecule has 0 amide bonds. The Morgan fingerprint density at radius 1 is 0.952 bits per heavy atom. The van der Waals surface area contributed by atoms with Gasteiger partial charge in [-0.25, -0.2) is 0 Å². The summed E-state index contributed by atoms with van der Waals surface area (Å²) in [6, 6.07) is 16.4. The third-order valence-electron chi connectivity index (χ3n) is 4.00. The first-order chi connectivity index (χ1) is 10.2. The fraction of sp³-hybridized carbons (Fsp3) is 0.118. The minimum atomic E-state index is 0.744. The third kappa shape index (κ3) is 1.80. The predicted molar refractivity (Wildman–Crippen MR) is 86.2 cm³/mol. The van der Waals surface area contributed by atoms with Crippen LogP contribution in [0.4, 0.5) is 5.69 Å². The molecule has 0 aliphatic heterocycles. The molecule has 0 radical (unpaired) electrons. The molecule has 0 saturated carbocycles. The van der Waals surface area contributed by atoms with Crippen molar-refractivity contribution in [3.8, 4) is 0 Å². The second-order valence-corrected chi connectivity index (χ2v) is 5.31. The van der Waals surface area contributed by atoms with Gasteiger partial charge in [0.2, 0.25) is 0 Å². The summed E-state index contributed by atoms with van der Waals surface area (Å²) in [5, 5.41) is 6.95. The van der Waals surface area contributed by atoms with Gasteiger partial charge in [0, 0.05) is 29.7 Å². The van der Waals surface area contributed by atoms with Crippen molar-refractivity contribution in [3.63, 3.8) is 0 Å². The highest BCUT2D eigenvalue weighted by Gasteiger charge is 2.10. The number of fused-ring (bicyclic) bond motifs is 2. The van der Waals surface area contributed by atoms with E-state index in [0.717, 1.165) is 34.3 Å². The van der Waals surface area contributed by atoms with Gasteiger partial charge in [-0.05, 0) is 24.3 Å². The van der Waals surface area contributed by atoms with E-state index in [1.807, 2.05) is 29.9 Å². The normalized spacial score (nSPS) is 11.5. The van der Waals surface area contributed by atoms with Crippen LogP contribution in [0.2, 0.25) is 0 Å². The molecule has 0 aliphatic carbocycles. The summed E-state index contributed by atoms with van der Waals surface area (Å²) in [6.45, 7) is 0.744. The molecule has 0 atom stereocenters. The Hall–Kier alpha value is -2.75. The van der Waals surface area contributed by atoms with Crippen molar-refractivity contribution >= 4 is 27.5 Å². The Morgan fingerprint density at radius 3 is 2.67 bits per heavy atom. The number of rotatable bonds is 2. The van der Waals surface area contributed by atoms with Crippen molar-refractivity contribution in [1.82, 2.24) is 14.3 Å². The monoisotopic (exact) mass is 276 g/mol. The van der Waals surface area contributed by atoms with Crippen molar-refractivity contribution in [2.24, 2.45) is 7.05 Å². The smallest absolute Gasteiger partial charge is 0.0900 e. The van der Waals surface area contributed by atoms with Gasteiger partial charge in [0.1, 0.15) is 0 Å². The first kappa shape index (κ1) is 12.0. The molecule has 2 aromatic carbocycles. The van der Waals surface area contributed by atoms with Crippen LogP contribution in [0.25, 0.3) is 21.8 Å². The number of hydrogen-bond donors (Lipinski definition) is 1. The minimum absolute atomic E-state index is 0.744. The lowest BCUT2D eigenvalue weighted by Crippen LogP contribution is -2.00. The summed E-state index contributed by atoms with van der Waals surface area (Å²) >= 11 is 0. The van der Waals surface area contributed by atoms with Crippen molar-refractivity contribution in [2.45, 2.75) is 6.54 Å². The molecule has 0 bridgehead atoms. The zero-order valence-electron chi connectivity index (χ0n) is 11.8. The van der Waals surface area contributed by atoms with Crippen LogP contribution in [0, 0.1) is 0 Å². The van der Waals surface area contributed by atoms with Gasteiger partial charge in [0.15, 0.2) is 0 Å². The van der Waals surface area contributed by atoms with Crippen LogP contribution >= 0.6 is 0 Å². The average Bonchev–Trinajstić information content (AvgIpc) is 3.04. The van der Waals surface area contributed by atoms with Gasteiger partial charge in [-0.3, -0.25) is 4.68 Å². The number of benzene rings is 2. The molecule has 4 aromatic rings. The SMILES string of the molecule is Cn1nc(Cn2ccc3c(N)cccc32)c2ccccc21. The van der Waals surface area contributed by atoms with E-state index in [9.17, 15) is 0 Å². The van der Waals surface area contributed by atoms with E-state index in [1.54, 1.807) is 0 Å². The van der Waals surface area contributed by atoms with Crippen LogP contribution in [0.3, 0.4) is 0 Å². The summed E-state index contributed by atoms with van der Waals surface area (Å²) in [7, 11) is 1.98. The van der Waals surface area contributed by atoms with E-state index in [2.05, 4.69) is 46.2 Å². The molecule has 0 aliphatic rings. The van der Waals surface area contributed by atoms with Crippen LogP contribution in [-0.2, 0) is 13.6 Å². The number of aryl methyl sites for hydroxylation is 1. The first-order valence-electron chi connectivity index (χ1n) is 6.98. The maximum Gasteiger partial charge on any atom is 0.0900 e.